The molecule has 0 radical (unpaired) electrons. The highest BCUT2D eigenvalue weighted by Gasteiger charge is 2.54. The monoisotopic (exact) mass is 544 g/mol. The van der Waals surface area contributed by atoms with Crippen molar-refractivity contribution in [2.45, 2.75) is 36.3 Å². The zero-order chi connectivity index (χ0) is 27.0. The zero-order valence-corrected chi connectivity index (χ0v) is 20.7. The molecule has 3 aromatic rings. The second-order valence-corrected chi connectivity index (χ2v) is 10.1. The Labute approximate surface area is 221 Å². The van der Waals surface area contributed by atoms with Gasteiger partial charge >= 0.3 is 0 Å². The van der Waals surface area contributed by atoms with E-state index in [-0.39, 0.29) is 30.5 Å². The Morgan fingerprint density at radius 3 is 2.63 bits per heavy atom. The van der Waals surface area contributed by atoms with Gasteiger partial charge in [-0.2, -0.15) is 0 Å². The highest BCUT2D eigenvalue weighted by atomic mass is 35.5. The van der Waals surface area contributed by atoms with Crippen molar-refractivity contribution in [3.63, 3.8) is 0 Å². The van der Waals surface area contributed by atoms with Gasteiger partial charge in [0, 0.05) is 48.0 Å². The summed E-state index contributed by atoms with van der Waals surface area (Å²) in [6.45, 7) is -0.0761. The van der Waals surface area contributed by atoms with Crippen LogP contribution in [0.2, 0.25) is 0 Å². The number of benzene rings is 1. The number of halogens is 4. The first-order chi connectivity index (χ1) is 18.2. The van der Waals surface area contributed by atoms with Gasteiger partial charge in [-0.3, -0.25) is 19.6 Å². The highest BCUT2D eigenvalue weighted by Crippen LogP contribution is 2.46. The van der Waals surface area contributed by atoms with Crippen LogP contribution >= 0.6 is 11.6 Å². The molecule has 7 nitrogen and oxygen atoms in total. The Kier molecular flexibility index (Phi) is 7.11. The summed E-state index contributed by atoms with van der Waals surface area (Å²) in [7, 11) is 0. The molecule has 1 aliphatic carbocycles. The largest absolute Gasteiger partial charge is 0.370 e. The molecule has 0 saturated heterocycles. The van der Waals surface area contributed by atoms with E-state index in [1.807, 2.05) is 0 Å². The molecule has 5 atom stereocenters. The molecule has 0 unspecified atom stereocenters. The van der Waals surface area contributed by atoms with Gasteiger partial charge in [0.2, 0.25) is 12.0 Å². The number of aromatic nitrogens is 2. The van der Waals surface area contributed by atoms with Gasteiger partial charge < -0.3 is 15.3 Å². The second kappa shape index (κ2) is 10.3. The number of carbonyl (C=O) groups is 2. The van der Waals surface area contributed by atoms with Gasteiger partial charge in [0.05, 0.1) is 11.3 Å². The highest BCUT2D eigenvalue weighted by molar-refractivity contribution is 6.21. The zero-order valence-electron chi connectivity index (χ0n) is 20.0. The standard InChI is InChI=1S/C27H24ClF3N4O3/c28-19-12-21(34-25(36)15-5-3-9-32-13-15)17(24(30)31)11-16(19)14-35-22-8-2-1-6-18(22)27(38,26(35)37)23-20(29)7-4-10-33-23/h1-10,13,16-17,19,21,24,38H,11-12,14H2,(H,34,36)/t16-,17-,19-,21-,27-/m1/s1. The van der Waals surface area contributed by atoms with E-state index in [1.54, 1.807) is 24.3 Å². The average Bonchev–Trinajstić information content (AvgIpc) is 3.13. The Balaban J connectivity index is 1.39. The minimum absolute atomic E-state index is 0.0516. The molecule has 2 aliphatic rings. The van der Waals surface area contributed by atoms with Crippen molar-refractivity contribution < 1.29 is 27.9 Å². The topological polar surface area (TPSA) is 95.4 Å². The Hall–Kier alpha value is -3.50. The van der Waals surface area contributed by atoms with E-state index in [4.69, 9.17) is 11.6 Å². The first-order valence-corrected chi connectivity index (χ1v) is 12.5. The van der Waals surface area contributed by atoms with Gasteiger partial charge in [0.1, 0.15) is 11.5 Å². The number of pyridine rings is 2. The molecular formula is C27H24ClF3N4O3. The summed E-state index contributed by atoms with van der Waals surface area (Å²) >= 11 is 6.66. The van der Waals surface area contributed by atoms with Gasteiger partial charge in [-0.15, -0.1) is 11.6 Å². The Morgan fingerprint density at radius 1 is 1.16 bits per heavy atom. The fourth-order valence-electron chi connectivity index (χ4n) is 5.38. The van der Waals surface area contributed by atoms with Gasteiger partial charge in [-0.05, 0) is 49.1 Å². The third kappa shape index (κ3) is 4.52. The molecule has 2 N–H and O–H groups in total. The lowest BCUT2D eigenvalue weighted by atomic mass is 9.77. The molecular weight excluding hydrogens is 521 g/mol. The first kappa shape index (κ1) is 26.1. The lowest BCUT2D eigenvalue weighted by Gasteiger charge is -2.40. The predicted octanol–water partition coefficient (Wildman–Crippen LogP) is 3.90. The number of fused-ring (bicyclic) bond motifs is 1. The van der Waals surface area contributed by atoms with Crippen molar-refractivity contribution in [1.29, 1.82) is 0 Å². The molecule has 2 aromatic heterocycles. The number of rotatable bonds is 6. The van der Waals surface area contributed by atoms with Crippen molar-refractivity contribution in [2.24, 2.45) is 11.8 Å². The van der Waals surface area contributed by atoms with Crippen molar-refractivity contribution in [1.82, 2.24) is 15.3 Å². The van der Waals surface area contributed by atoms with E-state index in [0.717, 1.165) is 6.07 Å². The molecule has 11 heteroatoms. The molecule has 1 aliphatic heterocycles. The van der Waals surface area contributed by atoms with Crippen LogP contribution in [0.5, 0.6) is 0 Å². The van der Waals surface area contributed by atoms with Crippen molar-refractivity contribution in [2.75, 3.05) is 11.4 Å². The summed E-state index contributed by atoms with van der Waals surface area (Å²) in [6.07, 6.45) is 1.35. The first-order valence-electron chi connectivity index (χ1n) is 12.1. The number of hydrogen-bond acceptors (Lipinski definition) is 5. The van der Waals surface area contributed by atoms with Gasteiger partial charge in [0.25, 0.3) is 11.8 Å². The van der Waals surface area contributed by atoms with Crippen LogP contribution in [0.4, 0.5) is 18.9 Å². The fourth-order valence-corrected chi connectivity index (χ4v) is 5.76. The van der Waals surface area contributed by atoms with Crippen LogP contribution in [0.25, 0.3) is 0 Å². The molecule has 2 amide bonds. The van der Waals surface area contributed by atoms with Crippen molar-refractivity contribution >= 4 is 29.1 Å². The molecule has 3 heterocycles. The molecule has 1 fully saturated rings. The maximum Gasteiger partial charge on any atom is 0.270 e. The van der Waals surface area contributed by atoms with E-state index in [0.29, 0.717) is 5.69 Å². The minimum atomic E-state index is -2.75. The second-order valence-electron chi connectivity index (χ2n) is 9.54. The maximum atomic E-state index is 14.7. The molecule has 5 rings (SSSR count). The van der Waals surface area contributed by atoms with E-state index < -0.39 is 58.6 Å². The van der Waals surface area contributed by atoms with Crippen LogP contribution in [0.3, 0.4) is 0 Å². The smallest absolute Gasteiger partial charge is 0.270 e. The van der Waals surface area contributed by atoms with E-state index in [2.05, 4.69) is 15.3 Å². The summed E-state index contributed by atoms with van der Waals surface area (Å²) in [6, 6.07) is 11.0. The minimum Gasteiger partial charge on any atom is -0.370 e. The summed E-state index contributed by atoms with van der Waals surface area (Å²) < 4.78 is 43.0. The van der Waals surface area contributed by atoms with Crippen LogP contribution in [0.1, 0.15) is 34.5 Å². The molecule has 1 aromatic carbocycles. The number of amides is 2. The van der Waals surface area contributed by atoms with E-state index in [1.165, 1.54) is 41.7 Å². The van der Waals surface area contributed by atoms with Gasteiger partial charge in [0.15, 0.2) is 0 Å². The summed E-state index contributed by atoms with van der Waals surface area (Å²) in [5.41, 5.74) is -2.09. The number of hydrogen-bond donors (Lipinski definition) is 2. The predicted molar refractivity (Wildman–Crippen MR) is 133 cm³/mol. The lowest BCUT2D eigenvalue weighted by molar-refractivity contribution is -0.132. The SMILES string of the molecule is O=C(N[C@@H]1C[C@@H](Cl)[C@@H](CN2C(=O)[C@](O)(c3ncccc3F)c3ccccc32)C[C@H]1C(F)F)c1cccnc1. The molecule has 38 heavy (non-hydrogen) atoms. The number of nitrogens with one attached hydrogen (secondary N) is 1. The van der Waals surface area contributed by atoms with Crippen LogP contribution in [0.15, 0.2) is 67.1 Å². The molecule has 1 saturated carbocycles. The van der Waals surface area contributed by atoms with Crippen molar-refractivity contribution in [3.05, 3.63) is 89.8 Å². The maximum absolute atomic E-state index is 14.7. The number of para-hydroxylation sites is 1. The number of nitrogens with zero attached hydrogens (tertiary/aromatic N) is 3. The number of anilines is 1. The summed E-state index contributed by atoms with van der Waals surface area (Å²) in [5.74, 6) is -4.01. The van der Waals surface area contributed by atoms with Crippen LogP contribution in [-0.2, 0) is 10.4 Å². The number of carbonyl (C=O) groups excluding carboxylic acids is 2. The summed E-state index contributed by atoms with van der Waals surface area (Å²) in [4.78, 5) is 35.3. The Morgan fingerprint density at radius 2 is 1.92 bits per heavy atom. The van der Waals surface area contributed by atoms with Gasteiger partial charge in [-0.25, -0.2) is 13.2 Å². The molecule has 0 bridgehead atoms. The number of aliphatic hydroxyl groups is 1. The third-order valence-corrected chi connectivity index (χ3v) is 7.84. The normalized spacial score (nSPS) is 26.9. The third-order valence-electron chi connectivity index (χ3n) is 7.30. The van der Waals surface area contributed by atoms with Crippen LogP contribution < -0.4 is 10.2 Å². The van der Waals surface area contributed by atoms with Crippen molar-refractivity contribution in [3.8, 4) is 0 Å². The summed E-state index contributed by atoms with van der Waals surface area (Å²) in [5, 5.41) is 13.5. The molecule has 0 spiro atoms. The quantitative estimate of drug-likeness (QED) is 0.459. The van der Waals surface area contributed by atoms with Crippen LogP contribution in [0, 0.1) is 17.7 Å². The van der Waals surface area contributed by atoms with E-state index in [9.17, 15) is 27.9 Å². The average molecular weight is 545 g/mol. The van der Waals surface area contributed by atoms with Gasteiger partial charge in [-0.1, -0.05) is 18.2 Å². The number of alkyl halides is 3. The van der Waals surface area contributed by atoms with E-state index >= 15 is 0 Å². The Bertz CT molecular complexity index is 1350. The van der Waals surface area contributed by atoms with Crippen LogP contribution in [-0.4, -0.2) is 51.3 Å². The fraction of sp³-hybridized carbons (Fsp3) is 0.333. The lowest BCUT2D eigenvalue weighted by Crippen LogP contribution is -2.52. The molecule has 198 valence electrons.